The fourth-order valence-corrected chi connectivity index (χ4v) is 4.61. The van der Waals surface area contributed by atoms with Crippen LogP contribution in [0, 0.1) is 0 Å². The molecule has 2 rings (SSSR count). The number of esters is 1. The molecule has 0 saturated heterocycles. The van der Waals surface area contributed by atoms with Crippen LogP contribution in [0.4, 0.5) is 5.69 Å². The number of hydrogen-bond donors (Lipinski definition) is 0. The topological polar surface area (TPSA) is 84.0 Å². The predicted octanol–water partition coefficient (Wildman–Crippen LogP) is 3.31. The van der Waals surface area contributed by atoms with Crippen LogP contribution < -0.4 is 4.31 Å². The monoisotopic (exact) mass is 432 g/mol. The Hall–Kier alpha value is -2.87. The van der Waals surface area contributed by atoms with Crippen molar-refractivity contribution in [2.24, 2.45) is 0 Å². The Labute approximate surface area is 178 Å². The van der Waals surface area contributed by atoms with Gasteiger partial charge in [-0.15, -0.1) is 0 Å². The van der Waals surface area contributed by atoms with Crippen molar-refractivity contribution in [2.45, 2.75) is 44.7 Å². The predicted molar refractivity (Wildman–Crippen MR) is 116 cm³/mol. The van der Waals surface area contributed by atoms with Crippen molar-refractivity contribution >= 4 is 27.6 Å². The number of amides is 1. The lowest BCUT2D eigenvalue weighted by Gasteiger charge is -2.30. The Morgan fingerprint density at radius 3 is 2.00 bits per heavy atom. The summed E-state index contributed by atoms with van der Waals surface area (Å²) in [5.41, 5.74) is 0.342. The van der Waals surface area contributed by atoms with Gasteiger partial charge in [0.15, 0.2) is 6.61 Å². The number of rotatable bonds is 8. The summed E-state index contributed by atoms with van der Waals surface area (Å²) in [5.74, 6) is -1.20. The Morgan fingerprint density at radius 1 is 0.900 bits per heavy atom. The summed E-state index contributed by atoms with van der Waals surface area (Å²) in [7, 11) is -2.60. The average molecular weight is 433 g/mol. The molecule has 0 spiro atoms. The van der Waals surface area contributed by atoms with E-state index < -0.39 is 22.6 Å². The van der Waals surface area contributed by atoms with Crippen LogP contribution in [0.3, 0.4) is 0 Å². The molecule has 7 nitrogen and oxygen atoms in total. The van der Waals surface area contributed by atoms with E-state index in [1.807, 2.05) is 27.7 Å². The molecule has 1 amide bonds. The molecule has 0 fully saturated rings. The minimum Gasteiger partial charge on any atom is -0.452 e. The Kier molecular flexibility index (Phi) is 7.61. The summed E-state index contributed by atoms with van der Waals surface area (Å²) < 4.78 is 32.5. The van der Waals surface area contributed by atoms with E-state index in [-0.39, 0.29) is 28.4 Å². The summed E-state index contributed by atoms with van der Waals surface area (Å²) in [6.45, 7) is 7.04. The first-order valence-electron chi connectivity index (χ1n) is 9.68. The Bertz CT molecular complexity index is 980. The van der Waals surface area contributed by atoms with Crippen LogP contribution in [0.5, 0.6) is 0 Å². The molecule has 0 aliphatic carbocycles. The summed E-state index contributed by atoms with van der Waals surface area (Å²) >= 11 is 0. The molecular weight excluding hydrogens is 404 g/mol. The molecule has 162 valence electrons. The minimum absolute atomic E-state index is 0.0524. The van der Waals surface area contributed by atoms with Crippen LogP contribution >= 0.6 is 0 Å². The number of sulfonamides is 1. The number of carbonyl (C=O) groups is 2. The Morgan fingerprint density at radius 2 is 1.43 bits per heavy atom. The van der Waals surface area contributed by atoms with Gasteiger partial charge in [0.05, 0.1) is 11.3 Å². The second-order valence-electron chi connectivity index (χ2n) is 7.37. The van der Waals surface area contributed by atoms with E-state index in [1.165, 1.54) is 25.2 Å². The number of para-hydroxylation sites is 1. The normalized spacial score (nSPS) is 11.4. The first-order valence-corrected chi connectivity index (χ1v) is 11.1. The molecule has 0 unspecified atom stereocenters. The van der Waals surface area contributed by atoms with E-state index in [9.17, 15) is 18.0 Å². The number of hydrogen-bond acceptors (Lipinski definition) is 5. The molecule has 0 heterocycles. The van der Waals surface area contributed by atoms with E-state index in [2.05, 4.69) is 0 Å². The standard InChI is InChI=1S/C22H28N2O5S/c1-16(2)24(17(3)4)21(25)15-29-22(26)19-13-9-10-14-20(19)30(27,28)23(5)18-11-7-6-8-12-18/h6-14,16-17H,15H2,1-5H3. The third-order valence-electron chi connectivity index (χ3n) is 4.59. The van der Waals surface area contributed by atoms with Gasteiger partial charge in [-0.3, -0.25) is 9.10 Å². The van der Waals surface area contributed by atoms with Gasteiger partial charge in [0.2, 0.25) is 0 Å². The fourth-order valence-electron chi connectivity index (χ4n) is 3.24. The van der Waals surface area contributed by atoms with Gasteiger partial charge in [-0.1, -0.05) is 30.3 Å². The summed E-state index contributed by atoms with van der Waals surface area (Å²) in [6.07, 6.45) is 0. The van der Waals surface area contributed by atoms with Crippen molar-refractivity contribution in [1.29, 1.82) is 0 Å². The summed E-state index contributed by atoms with van der Waals surface area (Å²) in [5, 5.41) is 0. The van der Waals surface area contributed by atoms with Gasteiger partial charge in [0, 0.05) is 19.1 Å². The van der Waals surface area contributed by atoms with Crippen molar-refractivity contribution in [3.05, 3.63) is 60.2 Å². The smallest absolute Gasteiger partial charge is 0.340 e. The highest BCUT2D eigenvalue weighted by Crippen LogP contribution is 2.25. The third kappa shape index (κ3) is 5.18. The van der Waals surface area contributed by atoms with Gasteiger partial charge >= 0.3 is 5.97 Å². The highest BCUT2D eigenvalue weighted by Gasteiger charge is 2.28. The number of ether oxygens (including phenoxy) is 1. The van der Waals surface area contributed by atoms with E-state index >= 15 is 0 Å². The molecule has 8 heteroatoms. The maximum atomic E-state index is 13.1. The number of benzene rings is 2. The lowest BCUT2D eigenvalue weighted by molar-refractivity contribution is -0.138. The van der Waals surface area contributed by atoms with Crippen LogP contribution in [0.15, 0.2) is 59.5 Å². The van der Waals surface area contributed by atoms with Gasteiger partial charge in [-0.05, 0) is 52.0 Å². The molecule has 0 aliphatic rings. The zero-order valence-corrected chi connectivity index (χ0v) is 18.7. The second-order valence-corrected chi connectivity index (χ2v) is 9.31. The number of carbonyl (C=O) groups excluding carboxylic acids is 2. The molecular formula is C22H28N2O5S. The van der Waals surface area contributed by atoms with Crippen LogP contribution in [-0.2, 0) is 19.6 Å². The maximum Gasteiger partial charge on any atom is 0.340 e. The molecule has 0 N–H and O–H groups in total. The first kappa shape index (κ1) is 23.4. The van der Waals surface area contributed by atoms with Crippen LogP contribution in [0.1, 0.15) is 38.1 Å². The zero-order valence-electron chi connectivity index (χ0n) is 17.9. The molecule has 0 atom stereocenters. The van der Waals surface area contributed by atoms with Crippen molar-refractivity contribution in [3.8, 4) is 0 Å². The lowest BCUT2D eigenvalue weighted by atomic mass is 10.2. The van der Waals surface area contributed by atoms with E-state index in [0.29, 0.717) is 5.69 Å². The molecule has 0 radical (unpaired) electrons. The van der Waals surface area contributed by atoms with Gasteiger partial charge in [-0.2, -0.15) is 0 Å². The van der Waals surface area contributed by atoms with Gasteiger partial charge in [0.25, 0.3) is 15.9 Å². The van der Waals surface area contributed by atoms with Crippen LogP contribution in [-0.4, -0.2) is 50.9 Å². The van der Waals surface area contributed by atoms with E-state index in [0.717, 1.165) is 4.31 Å². The van der Waals surface area contributed by atoms with Crippen molar-refractivity contribution < 1.29 is 22.7 Å². The van der Waals surface area contributed by atoms with Gasteiger partial charge < -0.3 is 9.64 Å². The number of nitrogens with zero attached hydrogens (tertiary/aromatic N) is 2. The minimum atomic E-state index is -4.01. The number of anilines is 1. The molecule has 0 aliphatic heterocycles. The SMILES string of the molecule is CC(C)N(C(=O)COC(=O)c1ccccc1S(=O)(=O)N(C)c1ccccc1)C(C)C. The molecule has 0 bridgehead atoms. The second kappa shape index (κ2) is 9.75. The molecule has 0 saturated carbocycles. The molecule has 2 aromatic rings. The van der Waals surface area contributed by atoms with Crippen molar-refractivity contribution in [1.82, 2.24) is 4.90 Å². The third-order valence-corrected chi connectivity index (χ3v) is 6.44. The quantitative estimate of drug-likeness (QED) is 0.598. The largest absolute Gasteiger partial charge is 0.452 e. The summed E-state index contributed by atoms with van der Waals surface area (Å²) in [4.78, 5) is 26.5. The maximum absolute atomic E-state index is 13.1. The Balaban J connectivity index is 2.26. The highest BCUT2D eigenvalue weighted by atomic mass is 32.2. The van der Waals surface area contributed by atoms with Crippen LogP contribution in [0.2, 0.25) is 0 Å². The van der Waals surface area contributed by atoms with E-state index in [4.69, 9.17) is 4.74 Å². The van der Waals surface area contributed by atoms with Gasteiger partial charge in [0.1, 0.15) is 4.90 Å². The molecule has 0 aromatic heterocycles. The first-order chi connectivity index (χ1) is 14.1. The molecule has 2 aromatic carbocycles. The van der Waals surface area contributed by atoms with Crippen LogP contribution in [0.25, 0.3) is 0 Å². The van der Waals surface area contributed by atoms with Gasteiger partial charge in [-0.25, -0.2) is 13.2 Å². The van der Waals surface area contributed by atoms with Crippen molar-refractivity contribution in [3.63, 3.8) is 0 Å². The zero-order chi connectivity index (χ0) is 22.5. The highest BCUT2D eigenvalue weighted by molar-refractivity contribution is 7.92. The summed E-state index contributed by atoms with van der Waals surface area (Å²) in [6, 6.07) is 14.2. The van der Waals surface area contributed by atoms with Crippen molar-refractivity contribution in [2.75, 3.05) is 18.0 Å². The average Bonchev–Trinajstić information content (AvgIpc) is 2.71. The molecule has 30 heavy (non-hydrogen) atoms. The van der Waals surface area contributed by atoms with E-state index in [1.54, 1.807) is 41.3 Å². The lowest BCUT2D eigenvalue weighted by Crippen LogP contribution is -2.44. The fraction of sp³-hybridized carbons (Fsp3) is 0.364.